The molecule has 1 rings (SSSR count). The zero-order valence-corrected chi connectivity index (χ0v) is 9.64. The fraction of sp³-hybridized carbons (Fsp3) is 0.364. The lowest BCUT2D eigenvalue weighted by atomic mass is 9.92. The van der Waals surface area contributed by atoms with E-state index in [-0.39, 0.29) is 5.91 Å². The zero-order valence-electron chi connectivity index (χ0n) is 8.88. The molecule has 0 fully saturated rings. The maximum atomic E-state index is 11.3. The number of amides is 1. The highest BCUT2D eigenvalue weighted by atomic mass is 35.5. The van der Waals surface area contributed by atoms with Gasteiger partial charge in [-0.2, -0.15) is 0 Å². The van der Waals surface area contributed by atoms with Crippen molar-refractivity contribution >= 4 is 17.5 Å². The molecule has 1 aromatic carbocycles. The van der Waals surface area contributed by atoms with Gasteiger partial charge in [-0.15, -0.1) is 0 Å². The van der Waals surface area contributed by atoms with E-state index >= 15 is 0 Å². The fourth-order valence-electron chi connectivity index (χ4n) is 1.31. The van der Waals surface area contributed by atoms with Crippen LogP contribution in [0.25, 0.3) is 0 Å². The Morgan fingerprint density at radius 2 is 2.00 bits per heavy atom. The molecule has 3 nitrogen and oxygen atoms in total. The molecule has 1 unspecified atom stereocenters. The van der Waals surface area contributed by atoms with Crippen molar-refractivity contribution in [3.8, 4) is 0 Å². The molecule has 0 saturated heterocycles. The number of likely N-dealkylation sites (N-methyl/N-ethyl adjacent to an activating group) is 1. The molecule has 0 aliphatic rings. The fourth-order valence-corrected chi connectivity index (χ4v) is 1.44. The topological polar surface area (TPSA) is 55.1 Å². The summed E-state index contributed by atoms with van der Waals surface area (Å²) in [5.41, 5.74) is 5.64. The molecule has 0 saturated carbocycles. The van der Waals surface area contributed by atoms with Gasteiger partial charge in [0, 0.05) is 5.02 Å². The minimum atomic E-state index is -0.714. The van der Waals surface area contributed by atoms with Gasteiger partial charge in [-0.1, -0.05) is 23.7 Å². The molecule has 1 atom stereocenters. The van der Waals surface area contributed by atoms with Crippen molar-refractivity contribution in [2.24, 2.45) is 5.73 Å². The summed E-state index contributed by atoms with van der Waals surface area (Å²) < 4.78 is 0. The molecule has 0 aliphatic carbocycles. The lowest BCUT2D eigenvalue weighted by Gasteiger charge is -2.25. The summed E-state index contributed by atoms with van der Waals surface area (Å²) in [5.74, 6) is -0.361. The number of halogens is 1. The Labute approximate surface area is 94.6 Å². The predicted molar refractivity (Wildman–Crippen MR) is 61.8 cm³/mol. The summed E-state index contributed by atoms with van der Waals surface area (Å²) in [6.45, 7) is 1.78. The molecule has 1 amide bonds. The van der Waals surface area contributed by atoms with Gasteiger partial charge in [0.15, 0.2) is 0 Å². The lowest BCUT2D eigenvalue weighted by molar-refractivity contribution is -0.123. The number of hydrogen-bond acceptors (Lipinski definition) is 2. The monoisotopic (exact) mass is 226 g/mol. The van der Waals surface area contributed by atoms with Gasteiger partial charge in [-0.05, 0) is 38.1 Å². The molecule has 1 aromatic rings. The third kappa shape index (κ3) is 2.94. The Balaban J connectivity index is 2.84. The van der Waals surface area contributed by atoms with Gasteiger partial charge in [0.2, 0.25) is 5.91 Å². The highest BCUT2D eigenvalue weighted by molar-refractivity contribution is 6.30. The van der Waals surface area contributed by atoms with Crippen molar-refractivity contribution in [3.05, 3.63) is 34.9 Å². The van der Waals surface area contributed by atoms with Gasteiger partial charge in [0.25, 0.3) is 0 Å². The van der Waals surface area contributed by atoms with Crippen LogP contribution in [-0.4, -0.2) is 18.5 Å². The van der Waals surface area contributed by atoms with Crippen LogP contribution in [-0.2, 0) is 11.2 Å². The van der Waals surface area contributed by atoms with Gasteiger partial charge in [0.1, 0.15) is 0 Å². The molecular weight excluding hydrogens is 212 g/mol. The van der Waals surface area contributed by atoms with E-state index in [0.29, 0.717) is 11.4 Å². The second-order valence-electron chi connectivity index (χ2n) is 3.75. The first kappa shape index (κ1) is 12.0. The Hall–Kier alpha value is -1.06. The average molecular weight is 227 g/mol. The Bertz CT molecular complexity index is 350. The van der Waals surface area contributed by atoms with Crippen LogP contribution in [0, 0.1) is 0 Å². The minimum Gasteiger partial charge on any atom is -0.368 e. The number of carbonyl (C=O) groups excluding carboxylic acids is 1. The number of carbonyl (C=O) groups is 1. The molecule has 4 heteroatoms. The van der Waals surface area contributed by atoms with Crippen molar-refractivity contribution in [1.29, 1.82) is 0 Å². The van der Waals surface area contributed by atoms with E-state index in [1.54, 1.807) is 26.1 Å². The summed E-state index contributed by atoms with van der Waals surface area (Å²) in [7, 11) is 1.72. The Kier molecular flexibility index (Phi) is 3.72. The standard InChI is InChI=1S/C11H15ClN2O/c1-11(14-2,10(13)15)7-8-3-5-9(12)6-4-8/h3-6,14H,7H2,1-2H3,(H2,13,15). The summed E-state index contributed by atoms with van der Waals surface area (Å²) in [4.78, 5) is 11.3. The highest BCUT2D eigenvalue weighted by Crippen LogP contribution is 2.15. The van der Waals surface area contributed by atoms with E-state index in [1.807, 2.05) is 12.1 Å². The first-order valence-corrected chi connectivity index (χ1v) is 5.09. The van der Waals surface area contributed by atoms with Crippen LogP contribution in [0.1, 0.15) is 12.5 Å². The van der Waals surface area contributed by atoms with E-state index < -0.39 is 5.54 Å². The van der Waals surface area contributed by atoms with Crippen molar-refractivity contribution in [2.75, 3.05) is 7.05 Å². The van der Waals surface area contributed by atoms with E-state index in [9.17, 15) is 4.79 Å². The van der Waals surface area contributed by atoms with E-state index in [2.05, 4.69) is 5.32 Å². The summed E-state index contributed by atoms with van der Waals surface area (Å²) in [6.07, 6.45) is 0.552. The van der Waals surface area contributed by atoms with Crippen LogP contribution in [0.4, 0.5) is 0 Å². The van der Waals surface area contributed by atoms with Gasteiger partial charge in [-0.3, -0.25) is 4.79 Å². The molecule has 3 N–H and O–H groups in total. The second-order valence-corrected chi connectivity index (χ2v) is 4.19. The van der Waals surface area contributed by atoms with Gasteiger partial charge in [0.05, 0.1) is 5.54 Å². The predicted octanol–water partition coefficient (Wildman–Crippen LogP) is 1.35. The first-order valence-electron chi connectivity index (χ1n) is 4.71. The number of benzene rings is 1. The van der Waals surface area contributed by atoms with Crippen LogP contribution < -0.4 is 11.1 Å². The van der Waals surface area contributed by atoms with Crippen molar-refractivity contribution in [3.63, 3.8) is 0 Å². The molecule has 0 spiro atoms. The SMILES string of the molecule is CNC(C)(Cc1ccc(Cl)cc1)C(N)=O. The Morgan fingerprint density at radius 1 is 1.47 bits per heavy atom. The molecular formula is C11H15ClN2O. The minimum absolute atomic E-state index is 0.361. The number of primary amides is 1. The average Bonchev–Trinajstić information content (AvgIpc) is 2.21. The van der Waals surface area contributed by atoms with Crippen molar-refractivity contribution in [2.45, 2.75) is 18.9 Å². The molecule has 82 valence electrons. The molecule has 0 aliphatic heterocycles. The molecule has 0 bridgehead atoms. The van der Waals surface area contributed by atoms with Crippen LogP contribution in [0.2, 0.25) is 5.02 Å². The quantitative estimate of drug-likeness (QED) is 0.814. The van der Waals surface area contributed by atoms with Crippen LogP contribution in [0.15, 0.2) is 24.3 Å². The molecule has 0 heterocycles. The normalized spacial score (nSPS) is 14.6. The van der Waals surface area contributed by atoms with Crippen molar-refractivity contribution < 1.29 is 4.79 Å². The van der Waals surface area contributed by atoms with Gasteiger partial charge in [-0.25, -0.2) is 0 Å². The van der Waals surface area contributed by atoms with Crippen LogP contribution in [0.3, 0.4) is 0 Å². The van der Waals surface area contributed by atoms with Crippen LogP contribution >= 0.6 is 11.6 Å². The summed E-state index contributed by atoms with van der Waals surface area (Å²) in [5, 5.41) is 3.62. The molecule has 0 radical (unpaired) electrons. The summed E-state index contributed by atoms with van der Waals surface area (Å²) in [6, 6.07) is 7.38. The number of nitrogens with two attached hydrogens (primary N) is 1. The molecule has 0 aromatic heterocycles. The van der Waals surface area contributed by atoms with E-state index in [4.69, 9.17) is 17.3 Å². The van der Waals surface area contributed by atoms with Crippen molar-refractivity contribution in [1.82, 2.24) is 5.32 Å². The maximum absolute atomic E-state index is 11.3. The smallest absolute Gasteiger partial charge is 0.237 e. The Morgan fingerprint density at radius 3 is 2.40 bits per heavy atom. The first-order chi connectivity index (χ1) is 6.98. The van der Waals surface area contributed by atoms with E-state index in [1.165, 1.54) is 0 Å². The number of hydrogen-bond donors (Lipinski definition) is 2. The van der Waals surface area contributed by atoms with E-state index in [0.717, 1.165) is 5.56 Å². The third-order valence-electron chi connectivity index (χ3n) is 2.57. The zero-order chi connectivity index (χ0) is 11.5. The number of nitrogens with one attached hydrogen (secondary N) is 1. The van der Waals surface area contributed by atoms with Gasteiger partial charge < -0.3 is 11.1 Å². The largest absolute Gasteiger partial charge is 0.368 e. The van der Waals surface area contributed by atoms with Crippen LogP contribution in [0.5, 0.6) is 0 Å². The summed E-state index contributed by atoms with van der Waals surface area (Å²) >= 11 is 5.77. The lowest BCUT2D eigenvalue weighted by Crippen LogP contribution is -2.53. The highest BCUT2D eigenvalue weighted by Gasteiger charge is 2.28. The maximum Gasteiger partial charge on any atom is 0.237 e. The second kappa shape index (κ2) is 4.64. The third-order valence-corrected chi connectivity index (χ3v) is 2.82. The number of rotatable bonds is 4. The van der Waals surface area contributed by atoms with Gasteiger partial charge >= 0.3 is 0 Å². The molecule has 15 heavy (non-hydrogen) atoms.